The lowest BCUT2D eigenvalue weighted by Crippen LogP contribution is -2.21. The first-order valence-corrected chi connectivity index (χ1v) is 12.7. The van der Waals surface area contributed by atoms with Gasteiger partial charge in [0.05, 0.1) is 5.56 Å². The van der Waals surface area contributed by atoms with Gasteiger partial charge in [-0.3, -0.25) is 4.79 Å². The molecule has 4 nitrogen and oxygen atoms in total. The van der Waals surface area contributed by atoms with Gasteiger partial charge in [0, 0.05) is 11.8 Å². The van der Waals surface area contributed by atoms with E-state index in [2.05, 4.69) is 111 Å². The summed E-state index contributed by atoms with van der Waals surface area (Å²) in [6.07, 6.45) is 1.70. The maximum absolute atomic E-state index is 13.0. The zero-order valence-electron chi connectivity index (χ0n) is 22.4. The minimum atomic E-state index is -0.146. The lowest BCUT2D eigenvalue weighted by Gasteiger charge is -2.21. The molecule has 1 aliphatic rings. The van der Waals surface area contributed by atoms with E-state index in [1.54, 1.807) is 6.20 Å². The number of amides is 1. The van der Waals surface area contributed by atoms with Gasteiger partial charge < -0.3 is 5.32 Å². The Balaban J connectivity index is 1.69. The fourth-order valence-corrected chi connectivity index (χ4v) is 4.63. The lowest BCUT2D eigenvalue weighted by molar-refractivity contribution is 0.0983. The number of carbonyl (C=O) groups is 1. The van der Waals surface area contributed by atoms with Gasteiger partial charge in [0.1, 0.15) is 5.84 Å². The monoisotopic (exact) mass is 487 g/mol. The molecule has 1 aliphatic heterocycles. The highest BCUT2D eigenvalue weighted by molar-refractivity contribution is 6.25. The van der Waals surface area contributed by atoms with Crippen LogP contribution in [0, 0.1) is 0 Å². The van der Waals surface area contributed by atoms with E-state index in [0.717, 1.165) is 27.8 Å². The zero-order valence-corrected chi connectivity index (χ0v) is 22.4. The molecular formula is C33H33N3O. The maximum Gasteiger partial charge on any atom is 0.257 e. The highest BCUT2D eigenvalue weighted by Crippen LogP contribution is 2.38. The van der Waals surface area contributed by atoms with Crippen LogP contribution in [0.5, 0.6) is 0 Å². The van der Waals surface area contributed by atoms with Gasteiger partial charge >= 0.3 is 0 Å². The molecule has 2 heterocycles. The van der Waals surface area contributed by atoms with Crippen molar-refractivity contribution in [2.45, 2.75) is 52.4 Å². The van der Waals surface area contributed by atoms with E-state index >= 15 is 0 Å². The van der Waals surface area contributed by atoms with Crippen LogP contribution < -0.4 is 5.32 Å². The van der Waals surface area contributed by atoms with Crippen LogP contribution in [-0.2, 0) is 10.8 Å². The van der Waals surface area contributed by atoms with Gasteiger partial charge in [-0.1, -0.05) is 96.1 Å². The van der Waals surface area contributed by atoms with Crippen LogP contribution in [0.15, 0.2) is 90.1 Å². The fraction of sp³-hybridized carbons (Fsp3) is 0.242. The Morgan fingerprint density at radius 3 is 1.62 bits per heavy atom. The van der Waals surface area contributed by atoms with E-state index < -0.39 is 0 Å². The first-order chi connectivity index (χ1) is 17.5. The molecule has 0 radical (unpaired) electrons. The van der Waals surface area contributed by atoms with E-state index in [0.29, 0.717) is 17.2 Å². The minimum absolute atomic E-state index is 0.0683. The molecule has 0 unspecified atom stereocenters. The third kappa shape index (κ3) is 4.97. The second-order valence-electron chi connectivity index (χ2n) is 11.7. The van der Waals surface area contributed by atoms with Gasteiger partial charge in [0.2, 0.25) is 0 Å². The summed E-state index contributed by atoms with van der Waals surface area (Å²) in [5.41, 5.74) is 8.37. The average molecular weight is 488 g/mol. The number of carbonyl (C=O) groups excluding carboxylic acids is 1. The second kappa shape index (κ2) is 9.11. The van der Waals surface area contributed by atoms with Crippen molar-refractivity contribution in [1.82, 2.24) is 10.3 Å². The molecule has 1 amide bonds. The number of hydrogen-bond acceptors (Lipinski definition) is 3. The molecule has 4 heteroatoms. The van der Waals surface area contributed by atoms with Crippen LogP contribution >= 0.6 is 0 Å². The van der Waals surface area contributed by atoms with E-state index in [4.69, 9.17) is 0 Å². The van der Waals surface area contributed by atoms with Crippen molar-refractivity contribution in [3.63, 3.8) is 0 Å². The molecule has 37 heavy (non-hydrogen) atoms. The van der Waals surface area contributed by atoms with Crippen LogP contribution in [0.2, 0.25) is 0 Å². The minimum Gasteiger partial charge on any atom is -0.306 e. The van der Waals surface area contributed by atoms with Gasteiger partial charge in [-0.2, -0.15) is 0 Å². The number of benzene rings is 3. The molecule has 4 aromatic rings. The quantitative estimate of drug-likeness (QED) is 0.320. The molecule has 0 spiro atoms. The third-order valence-corrected chi connectivity index (χ3v) is 6.89. The van der Waals surface area contributed by atoms with Gasteiger partial charge in [0.25, 0.3) is 5.91 Å². The first kappa shape index (κ1) is 24.6. The topological polar surface area (TPSA) is 54.4 Å². The molecule has 5 rings (SSSR count). The zero-order chi connectivity index (χ0) is 26.4. The molecule has 0 aliphatic carbocycles. The van der Waals surface area contributed by atoms with Gasteiger partial charge in [-0.25, -0.2) is 9.98 Å². The fourth-order valence-electron chi connectivity index (χ4n) is 4.63. The molecule has 0 saturated carbocycles. The Labute approximate surface area is 219 Å². The maximum atomic E-state index is 13.0. The molecule has 3 aromatic carbocycles. The predicted molar refractivity (Wildman–Crippen MR) is 153 cm³/mol. The van der Waals surface area contributed by atoms with Crippen molar-refractivity contribution in [3.05, 3.63) is 107 Å². The number of nitrogens with one attached hydrogen (secondary N) is 1. The largest absolute Gasteiger partial charge is 0.306 e. The number of nitrogens with zero attached hydrogens (tertiary/aromatic N) is 2. The summed E-state index contributed by atoms with van der Waals surface area (Å²) in [6.45, 7) is 13.3. The molecule has 0 fully saturated rings. The number of amidine groups is 1. The molecule has 0 bridgehead atoms. The first-order valence-electron chi connectivity index (χ1n) is 12.7. The third-order valence-electron chi connectivity index (χ3n) is 6.89. The summed E-state index contributed by atoms with van der Waals surface area (Å²) >= 11 is 0. The van der Waals surface area contributed by atoms with Crippen LogP contribution in [0.25, 0.3) is 22.3 Å². The van der Waals surface area contributed by atoms with Gasteiger partial charge in [-0.05, 0) is 68.5 Å². The summed E-state index contributed by atoms with van der Waals surface area (Å²) in [4.78, 5) is 22.0. The standard InChI is InChI=1S/C33H33N3O/c1-32(2,3)23-14-10-21(11-15-23)25-19-27-28(31(37)36-30(27)35-29-9-7-8-18-34-29)20-26(25)22-12-16-24(17-13-22)33(4,5)6/h7-20H,1-6H3,(H,34,35,36,37). The van der Waals surface area contributed by atoms with Crippen molar-refractivity contribution in [2.75, 3.05) is 0 Å². The second-order valence-corrected chi connectivity index (χ2v) is 11.7. The molecular weight excluding hydrogens is 454 g/mol. The number of pyridine rings is 1. The number of rotatable bonds is 3. The van der Waals surface area contributed by atoms with Crippen molar-refractivity contribution < 1.29 is 4.79 Å². The Hall–Kier alpha value is -4.05. The summed E-state index contributed by atoms with van der Waals surface area (Å²) in [5, 5.41) is 2.95. The van der Waals surface area contributed by atoms with Crippen molar-refractivity contribution >= 4 is 17.6 Å². The van der Waals surface area contributed by atoms with Crippen LogP contribution in [0.4, 0.5) is 5.82 Å². The summed E-state index contributed by atoms with van der Waals surface area (Å²) < 4.78 is 0. The molecule has 186 valence electrons. The molecule has 1 N–H and O–H groups in total. The van der Waals surface area contributed by atoms with E-state index in [9.17, 15) is 4.79 Å². The van der Waals surface area contributed by atoms with Gasteiger partial charge in [0.15, 0.2) is 5.82 Å². The lowest BCUT2D eigenvalue weighted by atomic mass is 9.84. The smallest absolute Gasteiger partial charge is 0.257 e. The summed E-state index contributed by atoms with van der Waals surface area (Å²) in [5.74, 6) is 0.941. The molecule has 0 saturated heterocycles. The van der Waals surface area contributed by atoms with E-state index in [1.165, 1.54) is 11.1 Å². The number of aliphatic imine (C=N–C) groups is 1. The SMILES string of the molecule is CC(C)(C)c1ccc(-c2cc3c(cc2-c2ccc(C(C)(C)C)cc2)/C(=N\c2ccccn2)NC3=O)cc1. The van der Waals surface area contributed by atoms with Gasteiger partial charge in [-0.15, -0.1) is 0 Å². The predicted octanol–water partition coefficient (Wildman–Crippen LogP) is 7.83. The summed E-state index contributed by atoms with van der Waals surface area (Å²) in [7, 11) is 0. The molecule has 0 atom stereocenters. The van der Waals surface area contributed by atoms with E-state index in [-0.39, 0.29) is 16.7 Å². The summed E-state index contributed by atoms with van der Waals surface area (Å²) in [6, 6.07) is 27.1. The Morgan fingerprint density at radius 1 is 0.649 bits per heavy atom. The number of fused-ring (bicyclic) bond motifs is 1. The van der Waals surface area contributed by atoms with Crippen LogP contribution in [0.1, 0.15) is 68.6 Å². The van der Waals surface area contributed by atoms with Crippen molar-refractivity contribution in [3.8, 4) is 22.3 Å². The molecule has 1 aromatic heterocycles. The highest BCUT2D eigenvalue weighted by Gasteiger charge is 2.28. The van der Waals surface area contributed by atoms with Crippen molar-refractivity contribution in [2.24, 2.45) is 4.99 Å². The number of hydrogen-bond donors (Lipinski definition) is 1. The Kier molecular flexibility index (Phi) is 6.07. The normalized spacial score (nSPS) is 14.5. The number of aromatic nitrogens is 1. The Bertz CT molecular complexity index is 1490. The Morgan fingerprint density at radius 2 is 1.16 bits per heavy atom. The van der Waals surface area contributed by atoms with Crippen LogP contribution in [0.3, 0.4) is 0 Å². The van der Waals surface area contributed by atoms with Crippen molar-refractivity contribution in [1.29, 1.82) is 0 Å². The van der Waals surface area contributed by atoms with E-state index in [1.807, 2.05) is 24.3 Å². The van der Waals surface area contributed by atoms with Crippen LogP contribution in [-0.4, -0.2) is 16.7 Å². The average Bonchev–Trinajstić information content (AvgIpc) is 3.17. The highest BCUT2D eigenvalue weighted by atomic mass is 16.2.